The van der Waals surface area contributed by atoms with E-state index in [4.69, 9.17) is 4.98 Å². The first kappa shape index (κ1) is 24.4. The van der Waals surface area contributed by atoms with Gasteiger partial charge in [0.15, 0.2) is 0 Å². The van der Waals surface area contributed by atoms with Gasteiger partial charge in [0.05, 0.1) is 16.7 Å². The summed E-state index contributed by atoms with van der Waals surface area (Å²) in [7, 11) is 0. The highest BCUT2D eigenvalue weighted by Gasteiger charge is 2.14. The maximum absolute atomic E-state index is 4.71. The molecule has 0 saturated carbocycles. The molecule has 5 heterocycles. The molecule has 188 valence electrons. The van der Waals surface area contributed by atoms with Gasteiger partial charge in [-0.2, -0.15) is 0 Å². The first-order valence-corrected chi connectivity index (χ1v) is 12.5. The number of hydrogen-bond acceptors (Lipinski definition) is 8. The van der Waals surface area contributed by atoms with Crippen molar-refractivity contribution in [3.63, 3.8) is 0 Å². The molecule has 3 N–H and O–H groups in total. The second kappa shape index (κ2) is 11.2. The van der Waals surface area contributed by atoms with E-state index in [1.54, 1.807) is 6.33 Å². The van der Waals surface area contributed by atoms with Gasteiger partial charge in [0.2, 0.25) is 5.95 Å². The van der Waals surface area contributed by atoms with Gasteiger partial charge in [-0.15, -0.1) is 12.4 Å². The zero-order valence-electron chi connectivity index (χ0n) is 20.3. The Morgan fingerprint density at radius 3 is 2.61 bits per heavy atom. The van der Waals surface area contributed by atoms with Crippen molar-refractivity contribution in [2.24, 2.45) is 0 Å². The zero-order chi connectivity index (χ0) is 23.5. The molecule has 0 radical (unpaired) electrons. The molecule has 2 fully saturated rings. The van der Waals surface area contributed by atoms with Crippen LogP contribution in [0, 0.1) is 0 Å². The number of piperidine rings is 1. The van der Waals surface area contributed by atoms with Crippen molar-refractivity contribution >= 4 is 41.0 Å². The van der Waals surface area contributed by atoms with Gasteiger partial charge in [-0.1, -0.05) is 6.07 Å². The molecule has 2 aliphatic heterocycles. The molecule has 0 bridgehead atoms. The Labute approximate surface area is 217 Å². The van der Waals surface area contributed by atoms with Gasteiger partial charge in [0, 0.05) is 63.6 Å². The number of aromatic nitrogens is 5. The van der Waals surface area contributed by atoms with Crippen LogP contribution in [0.4, 0.5) is 17.6 Å². The first-order chi connectivity index (χ1) is 17.3. The van der Waals surface area contributed by atoms with Gasteiger partial charge in [-0.05, 0) is 49.1 Å². The summed E-state index contributed by atoms with van der Waals surface area (Å²) in [5.74, 6) is 2.48. The first-order valence-electron chi connectivity index (χ1n) is 12.5. The molecule has 36 heavy (non-hydrogen) atoms. The summed E-state index contributed by atoms with van der Waals surface area (Å²) in [5.41, 5.74) is 5.08. The smallest absolute Gasteiger partial charge is 0.206 e. The number of H-pyrrole nitrogens is 1. The number of hydrogen-bond donors (Lipinski definition) is 3. The Bertz CT molecular complexity index is 1300. The maximum Gasteiger partial charge on any atom is 0.206 e. The number of halogens is 1. The fraction of sp³-hybridized carbons (Fsp3) is 0.385. The minimum Gasteiger partial charge on any atom is -0.357 e. The lowest BCUT2D eigenvalue weighted by atomic mass is 10.1. The summed E-state index contributed by atoms with van der Waals surface area (Å²) < 4.78 is 0. The molecule has 2 aliphatic rings. The second-order valence-electron chi connectivity index (χ2n) is 9.33. The SMILES string of the molecule is Cl.c1cc(CN2CCNCC2)cc(Nc2nc3ccc(-c4cc(N5CCCCC5)ncn4)cc3[nH]2)n1. The third-order valence-electron chi connectivity index (χ3n) is 6.80. The van der Waals surface area contributed by atoms with Gasteiger partial charge in [-0.25, -0.2) is 19.9 Å². The minimum atomic E-state index is 0. The molecule has 1 aromatic carbocycles. The summed E-state index contributed by atoms with van der Waals surface area (Å²) >= 11 is 0. The Kier molecular flexibility index (Phi) is 7.60. The van der Waals surface area contributed by atoms with Crippen molar-refractivity contribution in [1.82, 2.24) is 35.1 Å². The summed E-state index contributed by atoms with van der Waals surface area (Å²) in [6.07, 6.45) is 7.28. The predicted octanol–water partition coefficient (Wildman–Crippen LogP) is 3.98. The van der Waals surface area contributed by atoms with Crippen LogP contribution in [0.5, 0.6) is 0 Å². The monoisotopic (exact) mass is 505 g/mol. The highest BCUT2D eigenvalue weighted by atomic mass is 35.5. The lowest BCUT2D eigenvalue weighted by Gasteiger charge is -2.27. The maximum atomic E-state index is 4.71. The van der Waals surface area contributed by atoms with Crippen LogP contribution >= 0.6 is 12.4 Å². The summed E-state index contributed by atoms with van der Waals surface area (Å²) in [4.78, 5) is 26.5. The van der Waals surface area contributed by atoms with E-state index in [1.807, 2.05) is 12.3 Å². The Hall–Kier alpha value is -3.27. The lowest BCUT2D eigenvalue weighted by molar-refractivity contribution is 0.233. The van der Waals surface area contributed by atoms with E-state index in [2.05, 4.69) is 70.7 Å². The largest absolute Gasteiger partial charge is 0.357 e. The number of nitrogens with zero attached hydrogens (tertiary/aromatic N) is 6. The van der Waals surface area contributed by atoms with Crippen molar-refractivity contribution in [2.45, 2.75) is 25.8 Å². The van der Waals surface area contributed by atoms with Crippen LogP contribution in [0.1, 0.15) is 24.8 Å². The number of benzene rings is 1. The quantitative estimate of drug-likeness (QED) is 0.362. The van der Waals surface area contributed by atoms with E-state index < -0.39 is 0 Å². The van der Waals surface area contributed by atoms with E-state index >= 15 is 0 Å². The Morgan fingerprint density at radius 1 is 0.889 bits per heavy atom. The van der Waals surface area contributed by atoms with Gasteiger partial charge >= 0.3 is 0 Å². The van der Waals surface area contributed by atoms with Crippen LogP contribution in [0.25, 0.3) is 22.3 Å². The second-order valence-corrected chi connectivity index (χ2v) is 9.33. The van der Waals surface area contributed by atoms with Crippen LogP contribution in [0.2, 0.25) is 0 Å². The number of fused-ring (bicyclic) bond motifs is 1. The molecular formula is C26H32ClN9. The molecule has 0 spiro atoms. The van der Waals surface area contributed by atoms with E-state index in [0.29, 0.717) is 5.95 Å². The zero-order valence-corrected chi connectivity index (χ0v) is 21.1. The highest BCUT2D eigenvalue weighted by Crippen LogP contribution is 2.26. The predicted molar refractivity (Wildman–Crippen MR) is 146 cm³/mol. The van der Waals surface area contributed by atoms with Gasteiger partial charge in [0.1, 0.15) is 18.0 Å². The number of anilines is 3. The van der Waals surface area contributed by atoms with E-state index in [9.17, 15) is 0 Å². The molecule has 2 saturated heterocycles. The Morgan fingerprint density at radius 2 is 1.75 bits per heavy atom. The fourth-order valence-corrected chi connectivity index (χ4v) is 4.92. The lowest BCUT2D eigenvalue weighted by Crippen LogP contribution is -2.42. The average molecular weight is 506 g/mol. The molecule has 3 aromatic heterocycles. The van der Waals surface area contributed by atoms with Crippen molar-refractivity contribution < 1.29 is 0 Å². The van der Waals surface area contributed by atoms with Crippen LogP contribution < -0.4 is 15.5 Å². The third kappa shape index (κ3) is 5.59. The van der Waals surface area contributed by atoms with E-state index in [0.717, 1.165) is 79.7 Å². The van der Waals surface area contributed by atoms with Gasteiger partial charge in [0.25, 0.3) is 0 Å². The van der Waals surface area contributed by atoms with Gasteiger partial charge in [-0.3, -0.25) is 4.90 Å². The number of nitrogens with one attached hydrogen (secondary N) is 3. The van der Waals surface area contributed by atoms with Gasteiger partial charge < -0.3 is 20.5 Å². The number of pyridine rings is 1. The van der Waals surface area contributed by atoms with E-state index in [1.165, 1.54) is 24.8 Å². The third-order valence-corrected chi connectivity index (χ3v) is 6.80. The van der Waals surface area contributed by atoms with Crippen LogP contribution in [-0.4, -0.2) is 69.1 Å². The molecule has 6 rings (SSSR count). The number of imidazole rings is 1. The highest BCUT2D eigenvalue weighted by molar-refractivity contribution is 5.85. The fourth-order valence-electron chi connectivity index (χ4n) is 4.92. The van der Waals surface area contributed by atoms with Crippen LogP contribution in [-0.2, 0) is 6.54 Å². The molecule has 9 nitrogen and oxygen atoms in total. The molecule has 0 amide bonds. The number of rotatable bonds is 6. The standard InChI is InChI=1S/C26H31N9.ClH/c1-2-10-35(11-3-1)25-16-22(29-18-30-25)20-4-5-21-23(15-20)32-26(31-21)33-24-14-19(6-7-28-24)17-34-12-8-27-9-13-34;/h4-7,14-16,18,27H,1-3,8-13,17H2,(H2,28,31,32,33);1H. The normalized spacial score (nSPS) is 16.6. The van der Waals surface area contributed by atoms with Crippen molar-refractivity contribution in [1.29, 1.82) is 0 Å². The molecular weight excluding hydrogens is 474 g/mol. The van der Waals surface area contributed by atoms with Crippen LogP contribution in [0.3, 0.4) is 0 Å². The minimum absolute atomic E-state index is 0. The topological polar surface area (TPSA) is 97.9 Å². The van der Waals surface area contributed by atoms with Crippen LogP contribution in [0.15, 0.2) is 48.9 Å². The molecule has 0 unspecified atom stereocenters. The number of aromatic amines is 1. The summed E-state index contributed by atoms with van der Waals surface area (Å²) in [6.45, 7) is 7.30. The summed E-state index contributed by atoms with van der Waals surface area (Å²) in [6, 6.07) is 12.5. The van der Waals surface area contributed by atoms with Crippen molar-refractivity contribution in [2.75, 3.05) is 49.5 Å². The van der Waals surface area contributed by atoms with Crippen molar-refractivity contribution in [3.05, 3.63) is 54.5 Å². The summed E-state index contributed by atoms with van der Waals surface area (Å²) in [5, 5.41) is 6.74. The van der Waals surface area contributed by atoms with Crippen molar-refractivity contribution in [3.8, 4) is 11.3 Å². The molecule has 0 aliphatic carbocycles. The molecule has 4 aromatic rings. The molecule has 10 heteroatoms. The molecule has 0 atom stereocenters. The van der Waals surface area contributed by atoms with E-state index in [-0.39, 0.29) is 12.4 Å². The Balaban J connectivity index is 0.00000267. The number of piperazine rings is 1. The average Bonchev–Trinajstić information content (AvgIpc) is 3.31.